The number of nitrogens with one attached hydrogen (secondary N) is 2. The molecule has 2 aliphatic rings. The number of likely N-dealkylation sites (tertiary alicyclic amines) is 1. The summed E-state index contributed by atoms with van der Waals surface area (Å²) in [6, 6.07) is 6.82. The summed E-state index contributed by atoms with van der Waals surface area (Å²) in [4.78, 5) is 18.9. The molecule has 3 aromatic rings. The van der Waals surface area contributed by atoms with Gasteiger partial charge in [0.1, 0.15) is 5.82 Å². The molecule has 1 aliphatic carbocycles. The highest BCUT2D eigenvalue weighted by atomic mass is 19.1. The molecule has 9 nitrogen and oxygen atoms in total. The molecular formula is C25H33FN8O. The number of carbonyl (C=O) groups excluding carboxylic acids is 1. The molecule has 2 fully saturated rings. The van der Waals surface area contributed by atoms with Gasteiger partial charge >= 0.3 is 0 Å². The number of anilines is 3. The fourth-order valence-corrected chi connectivity index (χ4v) is 5.11. The third-order valence-electron chi connectivity index (χ3n) is 7.11. The fraction of sp³-hybridized carbons (Fsp3) is 0.480. The van der Waals surface area contributed by atoms with Crippen LogP contribution in [-0.4, -0.2) is 57.3 Å². The van der Waals surface area contributed by atoms with E-state index < -0.39 is 11.7 Å². The molecule has 6 N–H and O–H groups in total. The van der Waals surface area contributed by atoms with E-state index in [1.807, 2.05) is 29.1 Å². The summed E-state index contributed by atoms with van der Waals surface area (Å²) >= 11 is 0. The molecule has 2 atom stereocenters. The summed E-state index contributed by atoms with van der Waals surface area (Å²) in [5.41, 5.74) is 13.5. The average Bonchev–Trinajstić information content (AvgIpc) is 3.50. The summed E-state index contributed by atoms with van der Waals surface area (Å²) < 4.78 is 16.8. The molecule has 2 aromatic heterocycles. The van der Waals surface area contributed by atoms with Crippen molar-refractivity contribution in [2.24, 2.45) is 11.5 Å². The standard InChI is InChI=1S/C25H33FN8O/c26-19-14-18(23(28)35)24(32-25(19)31-21-6-2-1-5-20(21)27)30-17-7-8-22-16(13-17)15-29-34(22)12-11-33-9-3-4-10-33/h7-8,13-15,20-21H,1-6,9-12,27H2,(H2,28,35)(H2,30,31,32)/t20-,21+/m0/s1. The van der Waals surface area contributed by atoms with Crippen LogP contribution in [0.2, 0.25) is 0 Å². The van der Waals surface area contributed by atoms with E-state index in [1.54, 1.807) is 0 Å². The fourth-order valence-electron chi connectivity index (χ4n) is 5.11. The average molecular weight is 481 g/mol. The number of fused-ring (bicyclic) bond motifs is 1. The van der Waals surface area contributed by atoms with E-state index >= 15 is 0 Å². The number of hydrogen-bond acceptors (Lipinski definition) is 7. The van der Waals surface area contributed by atoms with E-state index in [0.29, 0.717) is 5.69 Å². The number of rotatable bonds is 8. The van der Waals surface area contributed by atoms with Crippen molar-refractivity contribution < 1.29 is 9.18 Å². The molecule has 0 spiro atoms. The van der Waals surface area contributed by atoms with Gasteiger partial charge in [-0.25, -0.2) is 9.37 Å². The topological polar surface area (TPSA) is 127 Å². The van der Waals surface area contributed by atoms with Gasteiger partial charge in [-0.1, -0.05) is 12.8 Å². The molecule has 0 radical (unpaired) electrons. The quantitative estimate of drug-likeness (QED) is 0.390. The maximum atomic E-state index is 14.8. The number of pyridine rings is 1. The van der Waals surface area contributed by atoms with Crippen molar-refractivity contribution >= 4 is 34.1 Å². The van der Waals surface area contributed by atoms with Gasteiger partial charge < -0.3 is 27.0 Å². The maximum Gasteiger partial charge on any atom is 0.252 e. The van der Waals surface area contributed by atoms with Crippen LogP contribution < -0.4 is 22.1 Å². The lowest BCUT2D eigenvalue weighted by molar-refractivity contribution is 0.100. The second-order valence-electron chi connectivity index (χ2n) is 9.59. The molecule has 1 saturated heterocycles. The zero-order chi connectivity index (χ0) is 24.4. The van der Waals surface area contributed by atoms with Gasteiger partial charge in [-0.2, -0.15) is 5.10 Å². The lowest BCUT2D eigenvalue weighted by atomic mass is 9.91. The summed E-state index contributed by atoms with van der Waals surface area (Å²) in [5.74, 6) is -1.12. The number of carbonyl (C=O) groups is 1. The molecule has 0 bridgehead atoms. The Balaban J connectivity index is 1.36. The lowest BCUT2D eigenvalue weighted by Gasteiger charge is -2.30. The minimum Gasteiger partial charge on any atom is -0.365 e. The molecule has 5 rings (SSSR count). The van der Waals surface area contributed by atoms with E-state index in [1.165, 1.54) is 12.8 Å². The first-order chi connectivity index (χ1) is 17.0. The first-order valence-electron chi connectivity index (χ1n) is 12.5. The third kappa shape index (κ3) is 5.23. The van der Waals surface area contributed by atoms with Crippen molar-refractivity contribution in [3.63, 3.8) is 0 Å². The highest BCUT2D eigenvalue weighted by Gasteiger charge is 2.24. The third-order valence-corrected chi connectivity index (χ3v) is 7.11. The monoisotopic (exact) mass is 480 g/mol. The molecule has 1 saturated carbocycles. The molecule has 35 heavy (non-hydrogen) atoms. The Bertz CT molecular complexity index is 1210. The van der Waals surface area contributed by atoms with E-state index in [0.717, 1.165) is 68.8 Å². The second kappa shape index (κ2) is 10.2. The van der Waals surface area contributed by atoms with E-state index in [9.17, 15) is 9.18 Å². The maximum absolute atomic E-state index is 14.8. The molecular weight excluding hydrogens is 447 g/mol. The van der Waals surface area contributed by atoms with Crippen LogP contribution in [0.4, 0.5) is 21.7 Å². The highest BCUT2D eigenvalue weighted by Crippen LogP contribution is 2.28. The van der Waals surface area contributed by atoms with Gasteiger partial charge in [0.15, 0.2) is 11.6 Å². The second-order valence-corrected chi connectivity index (χ2v) is 9.59. The number of benzene rings is 1. The van der Waals surface area contributed by atoms with Crippen LogP contribution in [0.3, 0.4) is 0 Å². The zero-order valence-corrected chi connectivity index (χ0v) is 19.8. The van der Waals surface area contributed by atoms with Crippen LogP contribution in [0.15, 0.2) is 30.5 Å². The van der Waals surface area contributed by atoms with Crippen molar-refractivity contribution in [3.05, 3.63) is 41.8 Å². The van der Waals surface area contributed by atoms with Gasteiger partial charge in [-0.05, 0) is 63.0 Å². The number of nitrogens with two attached hydrogens (primary N) is 2. The molecule has 3 heterocycles. The number of aromatic nitrogens is 3. The van der Waals surface area contributed by atoms with Crippen molar-refractivity contribution in [1.82, 2.24) is 19.7 Å². The van der Waals surface area contributed by atoms with Crippen LogP contribution in [0.5, 0.6) is 0 Å². The Kier molecular flexibility index (Phi) is 6.83. The minimum atomic E-state index is -0.754. The minimum absolute atomic E-state index is 0.0117. The van der Waals surface area contributed by atoms with Crippen LogP contribution in [0.25, 0.3) is 10.9 Å². The SMILES string of the molecule is NC(=O)c1cc(F)c(N[C@@H]2CCCC[C@@H]2N)nc1Nc1ccc2c(cnn2CCN2CCCC2)c1. The van der Waals surface area contributed by atoms with Crippen LogP contribution in [0.1, 0.15) is 48.9 Å². The molecule has 10 heteroatoms. The van der Waals surface area contributed by atoms with Crippen LogP contribution in [-0.2, 0) is 6.54 Å². The number of halogens is 1. The number of hydrogen-bond donors (Lipinski definition) is 4. The van der Waals surface area contributed by atoms with E-state index in [2.05, 4.69) is 25.6 Å². The molecule has 1 aliphatic heterocycles. The predicted molar refractivity (Wildman–Crippen MR) is 135 cm³/mol. The number of amides is 1. The molecule has 1 amide bonds. The van der Waals surface area contributed by atoms with Gasteiger partial charge in [-0.15, -0.1) is 0 Å². The van der Waals surface area contributed by atoms with Crippen molar-refractivity contribution in [3.8, 4) is 0 Å². The van der Waals surface area contributed by atoms with Crippen molar-refractivity contribution in [2.45, 2.75) is 57.2 Å². The lowest BCUT2D eigenvalue weighted by Crippen LogP contribution is -2.43. The normalized spacial score (nSPS) is 20.9. The first-order valence-corrected chi connectivity index (χ1v) is 12.5. The van der Waals surface area contributed by atoms with Crippen molar-refractivity contribution in [2.75, 3.05) is 30.3 Å². The summed E-state index contributed by atoms with van der Waals surface area (Å²) in [6.45, 7) is 4.13. The largest absolute Gasteiger partial charge is 0.365 e. The molecule has 1 aromatic carbocycles. The number of primary amides is 1. The van der Waals surface area contributed by atoms with Gasteiger partial charge in [0, 0.05) is 29.7 Å². The number of nitrogens with zero attached hydrogens (tertiary/aromatic N) is 4. The Labute approximate surface area is 204 Å². The van der Waals surface area contributed by atoms with Gasteiger partial charge in [0.05, 0.1) is 23.8 Å². The Morgan fingerprint density at radius 2 is 1.89 bits per heavy atom. The van der Waals surface area contributed by atoms with Gasteiger partial charge in [-0.3, -0.25) is 9.48 Å². The van der Waals surface area contributed by atoms with Crippen LogP contribution >= 0.6 is 0 Å². The highest BCUT2D eigenvalue weighted by molar-refractivity contribution is 5.99. The molecule has 0 unspecified atom stereocenters. The van der Waals surface area contributed by atoms with E-state index in [4.69, 9.17) is 11.5 Å². The Hall–Kier alpha value is -3.24. The molecule has 186 valence electrons. The smallest absolute Gasteiger partial charge is 0.252 e. The summed E-state index contributed by atoms with van der Waals surface area (Å²) in [7, 11) is 0. The van der Waals surface area contributed by atoms with Gasteiger partial charge in [0.25, 0.3) is 5.91 Å². The zero-order valence-electron chi connectivity index (χ0n) is 19.8. The summed E-state index contributed by atoms with van der Waals surface area (Å²) in [6.07, 6.45) is 8.20. The Morgan fingerprint density at radius 3 is 2.66 bits per heavy atom. The van der Waals surface area contributed by atoms with Crippen molar-refractivity contribution in [1.29, 1.82) is 0 Å². The van der Waals surface area contributed by atoms with Gasteiger partial charge in [0.2, 0.25) is 0 Å². The summed E-state index contributed by atoms with van der Waals surface area (Å²) in [5, 5.41) is 11.8. The predicted octanol–water partition coefficient (Wildman–Crippen LogP) is 3.19. The van der Waals surface area contributed by atoms with Crippen LogP contribution in [0, 0.1) is 5.82 Å². The first kappa shape index (κ1) is 23.5. The van der Waals surface area contributed by atoms with E-state index in [-0.39, 0.29) is 29.3 Å². The Morgan fingerprint density at radius 1 is 1.09 bits per heavy atom.